The van der Waals surface area contributed by atoms with Crippen LogP contribution in [0, 0.1) is 6.92 Å². The Morgan fingerprint density at radius 3 is 2.42 bits per heavy atom. The molecule has 2 N–H and O–H groups in total. The molecule has 0 radical (unpaired) electrons. The monoisotopic (exact) mass is 313 g/mol. The van der Waals surface area contributed by atoms with Gasteiger partial charge in [-0.2, -0.15) is 0 Å². The van der Waals surface area contributed by atoms with Crippen LogP contribution in [-0.2, 0) is 0 Å². The molecule has 2 aromatic carbocycles. The Morgan fingerprint density at radius 1 is 0.875 bits per heavy atom. The predicted octanol–water partition coefficient (Wildman–Crippen LogP) is 5.07. The minimum Gasteiger partial charge on any atom is -0.359 e. The van der Waals surface area contributed by atoms with Gasteiger partial charge in [0.05, 0.1) is 6.04 Å². The number of hydrogen-bond donors (Lipinski definition) is 2. The van der Waals surface area contributed by atoms with E-state index in [9.17, 15) is 0 Å². The Balaban J connectivity index is 1.87. The SMILES string of the molecule is Cc1[nH]c2ccccc2c1C(Nc1ccccn1)c1ccccc1. The molecular weight excluding hydrogens is 294 g/mol. The highest BCUT2D eigenvalue weighted by molar-refractivity contribution is 5.86. The van der Waals surface area contributed by atoms with Gasteiger partial charge < -0.3 is 10.3 Å². The first-order chi connectivity index (χ1) is 11.8. The van der Waals surface area contributed by atoms with Crippen molar-refractivity contribution in [2.75, 3.05) is 5.32 Å². The second kappa shape index (κ2) is 6.20. The van der Waals surface area contributed by atoms with E-state index in [1.807, 2.05) is 30.5 Å². The molecule has 0 fully saturated rings. The van der Waals surface area contributed by atoms with Crippen LogP contribution in [0.2, 0.25) is 0 Å². The summed E-state index contributed by atoms with van der Waals surface area (Å²) in [5.41, 5.74) is 4.82. The van der Waals surface area contributed by atoms with E-state index < -0.39 is 0 Å². The van der Waals surface area contributed by atoms with E-state index in [4.69, 9.17) is 0 Å². The van der Waals surface area contributed by atoms with Gasteiger partial charge in [0.2, 0.25) is 0 Å². The quantitative estimate of drug-likeness (QED) is 0.552. The molecule has 1 unspecified atom stereocenters. The molecule has 0 aliphatic carbocycles. The Kier molecular flexibility index (Phi) is 3.75. The standard InChI is InChI=1S/C21H19N3/c1-15-20(17-11-5-6-12-18(17)23-15)21(16-9-3-2-4-10-16)24-19-13-7-8-14-22-19/h2-14,21,23H,1H3,(H,22,24). The fourth-order valence-electron chi connectivity index (χ4n) is 3.23. The van der Waals surface area contributed by atoms with Crippen LogP contribution in [0.5, 0.6) is 0 Å². The van der Waals surface area contributed by atoms with E-state index in [1.54, 1.807) is 0 Å². The molecule has 2 aromatic heterocycles. The minimum absolute atomic E-state index is 0.0391. The van der Waals surface area contributed by atoms with Crippen molar-refractivity contribution in [3.8, 4) is 0 Å². The number of hydrogen-bond acceptors (Lipinski definition) is 2. The first kappa shape index (κ1) is 14.5. The molecule has 0 spiro atoms. The molecule has 0 aliphatic rings. The Bertz CT molecular complexity index is 943. The zero-order chi connectivity index (χ0) is 16.4. The summed E-state index contributed by atoms with van der Waals surface area (Å²) in [6, 6.07) is 24.9. The number of anilines is 1. The average molecular weight is 313 g/mol. The highest BCUT2D eigenvalue weighted by atomic mass is 15.0. The number of nitrogens with zero attached hydrogens (tertiary/aromatic N) is 1. The number of fused-ring (bicyclic) bond motifs is 1. The van der Waals surface area contributed by atoms with Gasteiger partial charge in [0, 0.05) is 28.4 Å². The lowest BCUT2D eigenvalue weighted by Crippen LogP contribution is -2.14. The van der Waals surface area contributed by atoms with Gasteiger partial charge in [-0.05, 0) is 30.7 Å². The van der Waals surface area contributed by atoms with E-state index in [2.05, 4.69) is 70.7 Å². The van der Waals surface area contributed by atoms with Crippen LogP contribution in [0.25, 0.3) is 10.9 Å². The Labute approximate surface area is 141 Å². The number of aromatic nitrogens is 2. The molecule has 0 saturated carbocycles. The summed E-state index contributed by atoms with van der Waals surface area (Å²) < 4.78 is 0. The molecule has 0 saturated heterocycles. The van der Waals surface area contributed by atoms with Gasteiger partial charge in [-0.15, -0.1) is 0 Å². The van der Waals surface area contributed by atoms with Gasteiger partial charge in [0.15, 0.2) is 0 Å². The lowest BCUT2D eigenvalue weighted by atomic mass is 9.96. The normalized spacial score (nSPS) is 12.2. The largest absolute Gasteiger partial charge is 0.359 e. The first-order valence-electron chi connectivity index (χ1n) is 8.12. The molecule has 2 heterocycles. The summed E-state index contributed by atoms with van der Waals surface area (Å²) in [4.78, 5) is 7.94. The van der Waals surface area contributed by atoms with Crippen molar-refractivity contribution < 1.29 is 0 Å². The topological polar surface area (TPSA) is 40.7 Å². The smallest absolute Gasteiger partial charge is 0.126 e. The van der Waals surface area contributed by atoms with E-state index in [0.717, 1.165) is 11.3 Å². The zero-order valence-electron chi connectivity index (χ0n) is 13.5. The van der Waals surface area contributed by atoms with Crippen molar-refractivity contribution in [1.82, 2.24) is 9.97 Å². The number of aryl methyl sites for hydroxylation is 1. The van der Waals surface area contributed by atoms with E-state index in [1.165, 1.54) is 22.2 Å². The van der Waals surface area contributed by atoms with Crippen LogP contribution in [0.1, 0.15) is 22.9 Å². The maximum atomic E-state index is 4.44. The summed E-state index contributed by atoms with van der Waals surface area (Å²) in [5, 5.41) is 4.84. The van der Waals surface area contributed by atoms with Crippen LogP contribution in [0.3, 0.4) is 0 Å². The number of rotatable bonds is 4. The molecule has 3 nitrogen and oxygen atoms in total. The number of benzene rings is 2. The Morgan fingerprint density at radius 2 is 1.62 bits per heavy atom. The van der Waals surface area contributed by atoms with Gasteiger partial charge in [-0.25, -0.2) is 4.98 Å². The maximum Gasteiger partial charge on any atom is 0.126 e. The average Bonchev–Trinajstić information content (AvgIpc) is 2.97. The lowest BCUT2D eigenvalue weighted by Gasteiger charge is -2.21. The summed E-state index contributed by atoms with van der Waals surface area (Å²) in [6.45, 7) is 2.13. The van der Waals surface area contributed by atoms with Gasteiger partial charge in [-0.1, -0.05) is 54.6 Å². The third kappa shape index (κ3) is 2.65. The molecule has 3 heteroatoms. The summed E-state index contributed by atoms with van der Waals surface area (Å²) >= 11 is 0. The van der Waals surface area contributed by atoms with E-state index in [-0.39, 0.29) is 6.04 Å². The first-order valence-corrected chi connectivity index (χ1v) is 8.12. The van der Waals surface area contributed by atoms with Crippen LogP contribution < -0.4 is 5.32 Å². The van der Waals surface area contributed by atoms with E-state index >= 15 is 0 Å². The van der Waals surface area contributed by atoms with Crippen LogP contribution >= 0.6 is 0 Å². The van der Waals surface area contributed by atoms with Crippen LogP contribution in [0.15, 0.2) is 79.0 Å². The Hall–Kier alpha value is -3.07. The molecule has 118 valence electrons. The fourth-order valence-corrected chi connectivity index (χ4v) is 3.23. The molecule has 0 bridgehead atoms. The summed E-state index contributed by atoms with van der Waals surface area (Å²) in [5.74, 6) is 0.871. The lowest BCUT2D eigenvalue weighted by molar-refractivity contribution is 0.921. The predicted molar refractivity (Wildman–Crippen MR) is 99.2 cm³/mol. The second-order valence-corrected chi connectivity index (χ2v) is 5.91. The molecule has 1 atom stereocenters. The van der Waals surface area contributed by atoms with Crippen molar-refractivity contribution >= 4 is 16.7 Å². The van der Waals surface area contributed by atoms with Gasteiger partial charge in [0.1, 0.15) is 5.82 Å². The highest BCUT2D eigenvalue weighted by Crippen LogP contribution is 2.34. The zero-order valence-corrected chi connectivity index (χ0v) is 13.5. The van der Waals surface area contributed by atoms with Gasteiger partial charge in [0.25, 0.3) is 0 Å². The number of para-hydroxylation sites is 1. The van der Waals surface area contributed by atoms with Crippen molar-refractivity contribution in [2.24, 2.45) is 0 Å². The second-order valence-electron chi connectivity index (χ2n) is 5.91. The van der Waals surface area contributed by atoms with Gasteiger partial charge in [-0.3, -0.25) is 0 Å². The number of H-pyrrole nitrogens is 1. The van der Waals surface area contributed by atoms with E-state index in [0.29, 0.717) is 0 Å². The third-order valence-electron chi connectivity index (χ3n) is 4.32. The molecule has 0 amide bonds. The number of pyridine rings is 1. The van der Waals surface area contributed by atoms with Crippen molar-refractivity contribution in [3.05, 3.63) is 95.8 Å². The van der Waals surface area contributed by atoms with Crippen molar-refractivity contribution in [3.63, 3.8) is 0 Å². The van der Waals surface area contributed by atoms with Crippen molar-refractivity contribution in [1.29, 1.82) is 0 Å². The fraction of sp³-hybridized carbons (Fsp3) is 0.0952. The molecule has 4 aromatic rings. The summed E-state index contributed by atoms with van der Waals surface area (Å²) in [7, 11) is 0. The van der Waals surface area contributed by atoms with Crippen LogP contribution in [-0.4, -0.2) is 9.97 Å². The third-order valence-corrected chi connectivity index (χ3v) is 4.32. The highest BCUT2D eigenvalue weighted by Gasteiger charge is 2.20. The molecule has 24 heavy (non-hydrogen) atoms. The molecular formula is C21H19N3. The molecule has 4 rings (SSSR count). The minimum atomic E-state index is 0.0391. The van der Waals surface area contributed by atoms with Crippen molar-refractivity contribution in [2.45, 2.75) is 13.0 Å². The van der Waals surface area contributed by atoms with Crippen LogP contribution in [0.4, 0.5) is 5.82 Å². The molecule has 0 aliphatic heterocycles. The summed E-state index contributed by atoms with van der Waals surface area (Å²) in [6.07, 6.45) is 1.81. The van der Waals surface area contributed by atoms with Gasteiger partial charge >= 0.3 is 0 Å². The number of aromatic amines is 1. The number of nitrogens with one attached hydrogen (secondary N) is 2. The maximum absolute atomic E-state index is 4.44.